The molecule has 0 atom stereocenters. The van der Waals surface area contributed by atoms with Crippen LogP contribution in [0.3, 0.4) is 0 Å². The van der Waals surface area contributed by atoms with Crippen LogP contribution >= 0.6 is 24.4 Å². The summed E-state index contributed by atoms with van der Waals surface area (Å²) < 4.78 is 0. The first-order chi connectivity index (χ1) is 4.16. The van der Waals surface area contributed by atoms with Crippen LogP contribution in [0.2, 0.25) is 0 Å². The Labute approximate surface area is 64.1 Å². The molecule has 5 N–H and O–H groups in total. The summed E-state index contributed by atoms with van der Waals surface area (Å²) in [5.74, 6) is 0. The Morgan fingerprint density at radius 3 is 2.22 bits per heavy atom. The van der Waals surface area contributed by atoms with Gasteiger partial charge in [0, 0.05) is 7.05 Å². The third-order valence-electron chi connectivity index (χ3n) is 0.526. The minimum atomic E-state index is 0.160. The van der Waals surface area contributed by atoms with Gasteiger partial charge in [0.15, 0.2) is 10.2 Å². The lowest BCUT2D eigenvalue weighted by Crippen LogP contribution is -2.47. The SMILES string of the molecule is CNC(=S)NNC(N)=S. The molecule has 0 aliphatic rings. The fourth-order valence-corrected chi connectivity index (χ4v) is 0.283. The van der Waals surface area contributed by atoms with Crippen molar-refractivity contribution < 1.29 is 0 Å². The molecule has 0 aromatic heterocycles. The van der Waals surface area contributed by atoms with Crippen molar-refractivity contribution in [1.29, 1.82) is 0 Å². The number of rotatable bonds is 0. The van der Waals surface area contributed by atoms with Crippen molar-refractivity contribution >= 4 is 34.7 Å². The smallest absolute Gasteiger partial charge is 0.184 e. The van der Waals surface area contributed by atoms with Gasteiger partial charge in [-0.15, -0.1) is 0 Å². The van der Waals surface area contributed by atoms with E-state index in [1.807, 2.05) is 0 Å². The van der Waals surface area contributed by atoms with E-state index in [0.717, 1.165) is 0 Å². The van der Waals surface area contributed by atoms with Crippen LogP contribution in [0.4, 0.5) is 0 Å². The first kappa shape index (κ1) is 8.38. The Bertz CT molecular complexity index is 123. The van der Waals surface area contributed by atoms with Gasteiger partial charge in [-0.05, 0) is 24.4 Å². The summed E-state index contributed by atoms with van der Waals surface area (Å²) >= 11 is 9.15. The Morgan fingerprint density at radius 1 is 1.33 bits per heavy atom. The van der Waals surface area contributed by atoms with Crippen molar-refractivity contribution in [1.82, 2.24) is 16.2 Å². The second-order valence-corrected chi connectivity index (χ2v) is 2.04. The van der Waals surface area contributed by atoms with E-state index in [0.29, 0.717) is 5.11 Å². The fourth-order valence-electron chi connectivity index (χ4n) is 0.181. The second kappa shape index (κ2) is 4.28. The van der Waals surface area contributed by atoms with E-state index in [2.05, 4.69) is 40.6 Å². The lowest BCUT2D eigenvalue weighted by Gasteiger charge is -2.06. The molecule has 0 fully saturated rings. The number of nitrogens with two attached hydrogens (primary N) is 1. The quantitative estimate of drug-likeness (QED) is 0.267. The molecule has 0 saturated carbocycles. The van der Waals surface area contributed by atoms with Gasteiger partial charge in [0.25, 0.3) is 0 Å². The Morgan fingerprint density at radius 2 is 1.89 bits per heavy atom. The van der Waals surface area contributed by atoms with Gasteiger partial charge in [0.2, 0.25) is 0 Å². The lowest BCUT2D eigenvalue weighted by atomic mass is 11.0. The molecule has 0 aromatic rings. The van der Waals surface area contributed by atoms with Crippen molar-refractivity contribution in [2.45, 2.75) is 0 Å². The normalized spacial score (nSPS) is 7.67. The molecule has 0 aromatic carbocycles. The lowest BCUT2D eigenvalue weighted by molar-refractivity contribution is 0.849. The van der Waals surface area contributed by atoms with Crippen LogP contribution < -0.4 is 21.9 Å². The van der Waals surface area contributed by atoms with Crippen molar-refractivity contribution in [2.24, 2.45) is 5.73 Å². The highest BCUT2D eigenvalue weighted by molar-refractivity contribution is 7.80. The number of hydrogen-bond donors (Lipinski definition) is 4. The number of hydrazine groups is 1. The van der Waals surface area contributed by atoms with Crippen molar-refractivity contribution in [2.75, 3.05) is 7.05 Å². The van der Waals surface area contributed by atoms with E-state index < -0.39 is 0 Å². The van der Waals surface area contributed by atoms with Crippen LogP contribution in [0, 0.1) is 0 Å². The summed E-state index contributed by atoms with van der Waals surface area (Å²) in [7, 11) is 1.69. The van der Waals surface area contributed by atoms with Crippen molar-refractivity contribution in [3.05, 3.63) is 0 Å². The zero-order valence-electron chi connectivity index (χ0n) is 4.89. The molecule has 0 amide bonds. The van der Waals surface area contributed by atoms with Crippen LogP contribution in [-0.2, 0) is 0 Å². The molecule has 0 heterocycles. The summed E-state index contributed by atoms with van der Waals surface area (Å²) in [6.45, 7) is 0. The van der Waals surface area contributed by atoms with E-state index in [1.165, 1.54) is 0 Å². The molecule has 0 unspecified atom stereocenters. The van der Waals surface area contributed by atoms with E-state index in [9.17, 15) is 0 Å². The Hall–Kier alpha value is -0.620. The van der Waals surface area contributed by atoms with E-state index in [-0.39, 0.29) is 5.11 Å². The molecule has 0 aliphatic carbocycles. The number of hydrogen-bond acceptors (Lipinski definition) is 2. The largest absolute Gasteiger partial charge is 0.375 e. The molecule has 0 saturated heterocycles. The standard InChI is InChI=1S/C3H8N4S2/c1-5-3(9)7-6-2(4)8/h1H3,(H3,4,6,8)(H2,5,7,9). The van der Waals surface area contributed by atoms with Crippen LogP contribution in [0.15, 0.2) is 0 Å². The third kappa shape index (κ3) is 5.25. The van der Waals surface area contributed by atoms with Crippen molar-refractivity contribution in [3.63, 3.8) is 0 Å². The first-order valence-corrected chi connectivity index (χ1v) is 3.01. The topological polar surface area (TPSA) is 62.1 Å². The zero-order chi connectivity index (χ0) is 7.28. The predicted molar refractivity (Wildman–Crippen MR) is 44.7 cm³/mol. The van der Waals surface area contributed by atoms with E-state index in [1.54, 1.807) is 7.05 Å². The van der Waals surface area contributed by atoms with Crippen LogP contribution in [-0.4, -0.2) is 17.3 Å². The average molecular weight is 164 g/mol. The number of thiocarbonyl (C=S) groups is 2. The Kier molecular flexibility index (Phi) is 3.98. The van der Waals surface area contributed by atoms with Gasteiger partial charge in [-0.1, -0.05) is 0 Å². The van der Waals surface area contributed by atoms with E-state index in [4.69, 9.17) is 5.73 Å². The maximum Gasteiger partial charge on any atom is 0.184 e. The molecule has 0 radical (unpaired) electrons. The van der Waals surface area contributed by atoms with Gasteiger partial charge in [-0.2, -0.15) is 0 Å². The van der Waals surface area contributed by atoms with E-state index >= 15 is 0 Å². The van der Waals surface area contributed by atoms with Gasteiger partial charge >= 0.3 is 0 Å². The zero-order valence-corrected chi connectivity index (χ0v) is 6.53. The highest BCUT2D eigenvalue weighted by Gasteiger charge is 1.86. The molecule has 0 rings (SSSR count). The summed E-state index contributed by atoms with van der Waals surface area (Å²) in [5, 5.41) is 3.27. The Balaban J connectivity index is 3.28. The van der Waals surface area contributed by atoms with Gasteiger partial charge in [0.05, 0.1) is 0 Å². The molecule has 9 heavy (non-hydrogen) atoms. The minimum absolute atomic E-state index is 0.160. The van der Waals surface area contributed by atoms with Crippen molar-refractivity contribution in [3.8, 4) is 0 Å². The summed E-state index contributed by atoms with van der Waals surface area (Å²) in [6, 6.07) is 0. The highest BCUT2D eigenvalue weighted by atomic mass is 32.1. The monoisotopic (exact) mass is 164 g/mol. The van der Waals surface area contributed by atoms with Gasteiger partial charge in [0.1, 0.15) is 0 Å². The molecule has 0 aliphatic heterocycles. The second-order valence-electron chi connectivity index (χ2n) is 1.19. The van der Waals surface area contributed by atoms with Gasteiger partial charge in [-0.25, -0.2) is 0 Å². The predicted octanol–water partition coefficient (Wildman–Crippen LogP) is -1.17. The third-order valence-corrected chi connectivity index (χ3v) is 0.935. The molecule has 6 heteroatoms. The number of nitrogens with one attached hydrogen (secondary N) is 3. The summed E-state index contributed by atoms with van der Waals surface area (Å²) in [4.78, 5) is 0. The van der Waals surface area contributed by atoms with Crippen LogP contribution in [0.5, 0.6) is 0 Å². The molecule has 0 bridgehead atoms. The average Bonchev–Trinajstić information content (AvgIpc) is 1.83. The van der Waals surface area contributed by atoms with Gasteiger partial charge < -0.3 is 11.1 Å². The fraction of sp³-hybridized carbons (Fsp3) is 0.333. The molecule has 52 valence electrons. The molecular weight excluding hydrogens is 156 g/mol. The summed E-state index contributed by atoms with van der Waals surface area (Å²) in [5.41, 5.74) is 10.1. The first-order valence-electron chi connectivity index (χ1n) is 2.20. The minimum Gasteiger partial charge on any atom is -0.375 e. The van der Waals surface area contributed by atoms with Crippen LogP contribution in [0.1, 0.15) is 0 Å². The molecular formula is C3H8N4S2. The highest BCUT2D eigenvalue weighted by Crippen LogP contribution is 1.57. The molecule has 0 spiro atoms. The maximum absolute atomic E-state index is 5.07. The molecule has 4 nitrogen and oxygen atoms in total. The van der Waals surface area contributed by atoms with Gasteiger partial charge in [-0.3, -0.25) is 10.9 Å². The summed E-state index contributed by atoms with van der Waals surface area (Å²) in [6.07, 6.45) is 0. The van der Waals surface area contributed by atoms with Crippen LogP contribution in [0.25, 0.3) is 0 Å². The maximum atomic E-state index is 5.07.